The molecule has 3 atom stereocenters. The third-order valence-electron chi connectivity index (χ3n) is 3.00. The molecule has 0 unspecified atom stereocenters. The van der Waals surface area contributed by atoms with Crippen molar-refractivity contribution in [2.24, 2.45) is 5.11 Å². The molecule has 0 aromatic carbocycles. The van der Waals surface area contributed by atoms with E-state index in [0.29, 0.717) is 0 Å². The zero-order chi connectivity index (χ0) is 12.7. The summed E-state index contributed by atoms with van der Waals surface area (Å²) in [5.41, 5.74) is 7.19. The molecular formula is C9H15N3O5. The van der Waals surface area contributed by atoms with Crippen LogP contribution in [-0.4, -0.2) is 53.3 Å². The van der Waals surface area contributed by atoms with Gasteiger partial charge in [-0.3, -0.25) is 0 Å². The van der Waals surface area contributed by atoms with Gasteiger partial charge in [-0.2, -0.15) is 0 Å². The average molecular weight is 245 g/mol. The van der Waals surface area contributed by atoms with Gasteiger partial charge in [-0.1, -0.05) is 5.11 Å². The Balaban J connectivity index is 2.30. The summed E-state index contributed by atoms with van der Waals surface area (Å²) in [7, 11) is 0. The predicted molar refractivity (Wildman–Crippen MR) is 54.7 cm³/mol. The molecule has 8 heteroatoms. The molecule has 0 radical (unpaired) electrons. The molecule has 0 aromatic heterocycles. The molecule has 2 fully saturated rings. The van der Waals surface area contributed by atoms with E-state index < -0.39 is 43.0 Å². The van der Waals surface area contributed by atoms with E-state index in [0.717, 1.165) is 0 Å². The maximum Gasteiger partial charge on any atom is 0.188 e. The summed E-state index contributed by atoms with van der Waals surface area (Å²) >= 11 is 0. The molecule has 8 nitrogen and oxygen atoms in total. The SMILES string of the molecule is CC1(C)O[C@H]2OC(CO)(CO)[C@@H](N=[N+]=[N-])[C@@H]2O1. The summed E-state index contributed by atoms with van der Waals surface area (Å²) in [5.74, 6) is -0.838. The van der Waals surface area contributed by atoms with Gasteiger partial charge < -0.3 is 24.4 Å². The number of fused-ring (bicyclic) bond motifs is 1. The van der Waals surface area contributed by atoms with Gasteiger partial charge in [0.05, 0.1) is 13.2 Å². The van der Waals surface area contributed by atoms with Crippen molar-refractivity contribution in [1.29, 1.82) is 0 Å². The van der Waals surface area contributed by atoms with Crippen LogP contribution in [0.2, 0.25) is 0 Å². The van der Waals surface area contributed by atoms with E-state index >= 15 is 0 Å². The van der Waals surface area contributed by atoms with Crippen LogP contribution in [-0.2, 0) is 14.2 Å². The Morgan fingerprint density at radius 3 is 2.41 bits per heavy atom. The Morgan fingerprint density at radius 1 is 1.24 bits per heavy atom. The number of aliphatic hydroxyl groups is 2. The Morgan fingerprint density at radius 2 is 1.88 bits per heavy atom. The monoisotopic (exact) mass is 245 g/mol. The van der Waals surface area contributed by atoms with Crippen molar-refractivity contribution in [3.63, 3.8) is 0 Å². The zero-order valence-electron chi connectivity index (χ0n) is 9.61. The molecule has 2 saturated heterocycles. The predicted octanol–water partition coefficient (Wildman–Crippen LogP) is -0.104. The molecule has 0 bridgehead atoms. The van der Waals surface area contributed by atoms with E-state index in [1.165, 1.54) is 0 Å². The Bertz CT molecular complexity index is 351. The van der Waals surface area contributed by atoms with Crippen molar-refractivity contribution in [2.75, 3.05) is 13.2 Å². The van der Waals surface area contributed by atoms with E-state index in [-0.39, 0.29) is 0 Å². The van der Waals surface area contributed by atoms with Crippen molar-refractivity contribution in [2.45, 2.75) is 43.7 Å². The lowest BCUT2D eigenvalue weighted by atomic mass is 9.95. The van der Waals surface area contributed by atoms with E-state index in [1.807, 2.05) is 0 Å². The number of ether oxygens (including phenoxy) is 3. The molecule has 0 amide bonds. The quantitative estimate of drug-likeness (QED) is 0.409. The van der Waals surface area contributed by atoms with Crippen LogP contribution in [0.4, 0.5) is 0 Å². The third-order valence-corrected chi connectivity index (χ3v) is 3.00. The van der Waals surface area contributed by atoms with Gasteiger partial charge in [-0.25, -0.2) is 0 Å². The van der Waals surface area contributed by atoms with E-state index in [9.17, 15) is 10.2 Å². The van der Waals surface area contributed by atoms with Crippen molar-refractivity contribution in [3.05, 3.63) is 10.4 Å². The van der Waals surface area contributed by atoms with Gasteiger partial charge in [0.25, 0.3) is 0 Å². The molecule has 0 aliphatic carbocycles. The highest BCUT2D eigenvalue weighted by Gasteiger charge is 2.61. The third kappa shape index (κ3) is 1.89. The average Bonchev–Trinajstić information content (AvgIpc) is 2.71. The second-order valence-corrected chi connectivity index (χ2v) is 4.62. The fourth-order valence-electron chi connectivity index (χ4n) is 2.20. The van der Waals surface area contributed by atoms with Crippen LogP contribution in [0.15, 0.2) is 5.11 Å². The maximum absolute atomic E-state index is 9.32. The van der Waals surface area contributed by atoms with E-state index in [4.69, 9.17) is 19.7 Å². The van der Waals surface area contributed by atoms with Crippen molar-refractivity contribution < 1.29 is 24.4 Å². The molecule has 2 rings (SSSR count). The fourth-order valence-corrected chi connectivity index (χ4v) is 2.20. The van der Waals surface area contributed by atoms with Crippen molar-refractivity contribution in [3.8, 4) is 0 Å². The molecule has 0 saturated carbocycles. The summed E-state index contributed by atoms with van der Waals surface area (Å²) in [6.07, 6.45) is -1.38. The number of hydrogen-bond donors (Lipinski definition) is 2. The minimum absolute atomic E-state index is 0.479. The number of aliphatic hydroxyl groups excluding tert-OH is 2. The van der Waals surface area contributed by atoms with Crippen molar-refractivity contribution >= 4 is 0 Å². The summed E-state index contributed by atoms with van der Waals surface area (Å²) in [5, 5.41) is 22.2. The van der Waals surface area contributed by atoms with Crippen LogP contribution in [0.3, 0.4) is 0 Å². The van der Waals surface area contributed by atoms with E-state index in [1.54, 1.807) is 13.8 Å². The fraction of sp³-hybridized carbons (Fsp3) is 1.00. The summed E-state index contributed by atoms with van der Waals surface area (Å²) in [6, 6.07) is -0.825. The number of nitrogens with zero attached hydrogens (tertiary/aromatic N) is 3. The molecule has 0 aromatic rings. The smallest absolute Gasteiger partial charge is 0.188 e. The first kappa shape index (κ1) is 12.6. The van der Waals surface area contributed by atoms with Gasteiger partial charge in [0.1, 0.15) is 17.7 Å². The molecule has 96 valence electrons. The molecular weight excluding hydrogens is 230 g/mol. The van der Waals surface area contributed by atoms with Gasteiger partial charge >= 0.3 is 0 Å². The first-order valence-corrected chi connectivity index (χ1v) is 5.27. The highest BCUT2D eigenvalue weighted by atomic mass is 16.8. The van der Waals surface area contributed by atoms with Crippen LogP contribution >= 0.6 is 0 Å². The highest BCUT2D eigenvalue weighted by molar-refractivity contribution is 5.07. The number of hydrogen-bond acceptors (Lipinski definition) is 6. The molecule has 2 aliphatic heterocycles. The topological polar surface area (TPSA) is 117 Å². The lowest BCUT2D eigenvalue weighted by Crippen LogP contribution is -2.49. The lowest BCUT2D eigenvalue weighted by Gasteiger charge is -2.31. The van der Waals surface area contributed by atoms with Crippen LogP contribution in [0.25, 0.3) is 10.4 Å². The normalized spacial score (nSPS) is 37.5. The second kappa shape index (κ2) is 4.09. The molecule has 0 spiro atoms. The maximum atomic E-state index is 9.32. The minimum Gasteiger partial charge on any atom is -0.393 e. The number of azide groups is 1. The van der Waals surface area contributed by atoms with Crippen LogP contribution in [0.1, 0.15) is 13.8 Å². The van der Waals surface area contributed by atoms with Crippen LogP contribution in [0, 0.1) is 0 Å². The first-order valence-electron chi connectivity index (χ1n) is 5.27. The van der Waals surface area contributed by atoms with Gasteiger partial charge in [0, 0.05) is 4.91 Å². The van der Waals surface area contributed by atoms with Gasteiger partial charge in [0.15, 0.2) is 12.1 Å². The minimum atomic E-state index is -1.35. The zero-order valence-corrected chi connectivity index (χ0v) is 9.61. The Kier molecular flexibility index (Phi) is 3.03. The van der Waals surface area contributed by atoms with Gasteiger partial charge in [0.2, 0.25) is 0 Å². The first-order chi connectivity index (χ1) is 7.98. The summed E-state index contributed by atoms with van der Waals surface area (Å²) in [6.45, 7) is 2.46. The van der Waals surface area contributed by atoms with Crippen LogP contribution in [0.5, 0.6) is 0 Å². The van der Waals surface area contributed by atoms with Crippen LogP contribution < -0.4 is 0 Å². The molecule has 2 N–H and O–H groups in total. The Hall–Kier alpha value is -0.890. The largest absolute Gasteiger partial charge is 0.393 e. The van der Waals surface area contributed by atoms with Crippen molar-refractivity contribution in [1.82, 2.24) is 0 Å². The number of rotatable bonds is 3. The van der Waals surface area contributed by atoms with Gasteiger partial charge in [-0.05, 0) is 19.4 Å². The van der Waals surface area contributed by atoms with Gasteiger partial charge in [-0.15, -0.1) is 0 Å². The standard InChI is InChI=1S/C9H15N3O5/c1-8(2)15-5-6(11-12-10)9(3-13,4-14)17-7(5)16-8/h5-7,13-14H,3-4H2,1-2H3/t5-,6-,7-/m0/s1. The summed E-state index contributed by atoms with van der Waals surface area (Å²) in [4.78, 5) is 2.70. The molecule has 2 heterocycles. The molecule has 17 heavy (non-hydrogen) atoms. The highest BCUT2D eigenvalue weighted by Crippen LogP contribution is 2.43. The molecule has 2 aliphatic rings. The lowest BCUT2D eigenvalue weighted by molar-refractivity contribution is -0.239. The van der Waals surface area contributed by atoms with E-state index in [2.05, 4.69) is 10.0 Å². The Labute approximate surface area is 97.7 Å². The second-order valence-electron chi connectivity index (χ2n) is 4.62. The summed E-state index contributed by atoms with van der Waals surface area (Å²) < 4.78 is 16.5.